The zero-order valence-electron chi connectivity index (χ0n) is 10.9. The van der Waals surface area contributed by atoms with Crippen LogP contribution >= 0.6 is 0 Å². The van der Waals surface area contributed by atoms with E-state index in [0.29, 0.717) is 6.42 Å². The lowest BCUT2D eigenvalue weighted by Gasteiger charge is -2.03. The van der Waals surface area contributed by atoms with Crippen molar-refractivity contribution in [3.8, 4) is 0 Å². The molecule has 0 rings (SSSR count). The van der Waals surface area contributed by atoms with Gasteiger partial charge >= 0.3 is 0 Å². The molecule has 0 aromatic carbocycles. The second-order valence-corrected chi connectivity index (χ2v) is 4.70. The van der Waals surface area contributed by atoms with Crippen LogP contribution in [0.4, 0.5) is 0 Å². The van der Waals surface area contributed by atoms with Crippen molar-refractivity contribution in [2.24, 2.45) is 0 Å². The molecule has 2 nitrogen and oxygen atoms in total. The van der Waals surface area contributed by atoms with Gasteiger partial charge in [0.25, 0.3) is 0 Å². The van der Waals surface area contributed by atoms with Gasteiger partial charge < -0.3 is 10.2 Å². The Morgan fingerprint density at radius 3 is 1.38 bits per heavy atom. The predicted octanol–water partition coefficient (Wildman–Crippen LogP) is 4.92. The van der Waals surface area contributed by atoms with Crippen LogP contribution < -0.4 is 0 Å². The van der Waals surface area contributed by atoms with Crippen LogP contribution in [0.15, 0.2) is 0 Å². The number of aliphatic hydroxyl groups is 2. The molecule has 2 heteroatoms. The number of unbranched alkanes of at least 4 members (excludes halogenated alkanes) is 10. The van der Waals surface area contributed by atoms with E-state index >= 15 is 0 Å². The van der Waals surface area contributed by atoms with Crippen molar-refractivity contribution in [2.75, 3.05) is 0 Å². The van der Waals surface area contributed by atoms with Gasteiger partial charge in [-0.25, -0.2) is 0 Å². The summed E-state index contributed by atoms with van der Waals surface area (Å²) in [6.07, 6.45) is 14.3. The SMILES string of the molecule is CCCCCCCCCCCCC[C](O)O. The largest absolute Gasteiger partial charge is 0.361 e. The van der Waals surface area contributed by atoms with Crippen LogP contribution in [0, 0.1) is 6.29 Å². The number of rotatable bonds is 12. The number of hydrogen-bond acceptors (Lipinski definition) is 2. The van der Waals surface area contributed by atoms with E-state index in [1.807, 2.05) is 0 Å². The van der Waals surface area contributed by atoms with Crippen LogP contribution in [0.1, 0.15) is 84.0 Å². The summed E-state index contributed by atoms with van der Waals surface area (Å²) in [7, 11) is 0. The summed E-state index contributed by atoms with van der Waals surface area (Å²) >= 11 is 0. The quantitative estimate of drug-likeness (QED) is 0.466. The zero-order valence-corrected chi connectivity index (χ0v) is 10.9. The molecule has 0 amide bonds. The van der Waals surface area contributed by atoms with Gasteiger partial charge in [-0.15, -0.1) is 0 Å². The molecule has 0 heterocycles. The van der Waals surface area contributed by atoms with Gasteiger partial charge in [0, 0.05) is 6.42 Å². The number of hydrogen-bond donors (Lipinski definition) is 2. The molecule has 0 saturated heterocycles. The molecule has 0 spiro atoms. The summed E-state index contributed by atoms with van der Waals surface area (Å²) in [5.74, 6) is 0. The van der Waals surface area contributed by atoms with E-state index in [9.17, 15) is 0 Å². The highest BCUT2D eigenvalue weighted by Crippen LogP contribution is 2.12. The number of aliphatic hydroxyl groups excluding tert-OH is 1. The fourth-order valence-electron chi connectivity index (χ4n) is 1.95. The van der Waals surface area contributed by atoms with Gasteiger partial charge in [-0.3, -0.25) is 0 Å². The lowest BCUT2D eigenvalue weighted by atomic mass is 10.1. The molecule has 0 aliphatic rings. The Bertz CT molecular complexity index is 124. The van der Waals surface area contributed by atoms with Gasteiger partial charge in [-0.1, -0.05) is 71.1 Å². The predicted molar refractivity (Wildman–Crippen MR) is 68.2 cm³/mol. The molecular formula is C14H29O2. The first-order valence-electron chi connectivity index (χ1n) is 7.01. The third kappa shape index (κ3) is 13.9. The first-order chi connectivity index (χ1) is 7.77. The second kappa shape index (κ2) is 13.0. The molecule has 1 radical (unpaired) electrons. The molecule has 2 N–H and O–H groups in total. The van der Waals surface area contributed by atoms with E-state index in [4.69, 9.17) is 10.2 Å². The van der Waals surface area contributed by atoms with Crippen LogP contribution in [-0.4, -0.2) is 10.2 Å². The highest BCUT2D eigenvalue weighted by Gasteiger charge is 1.98. The van der Waals surface area contributed by atoms with Crippen LogP contribution in [0.5, 0.6) is 0 Å². The molecule has 97 valence electrons. The monoisotopic (exact) mass is 229 g/mol. The van der Waals surface area contributed by atoms with Crippen molar-refractivity contribution < 1.29 is 10.2 Å². The van der Waals surface area contributed by atoms with E-state index in [1.54, 1.807) is 0 Å². The highest BCUT2D eigenvalue weighted by molar-refractivity contribution is 4.57. The van der Waals surface area contributed by atoms with Crippen molar-refractivity contribution in [3.63, 3.8) is 0 Å². The van der Waals surface area contributed by atoms with Crippen LogP contribution in [0.3, 0.4) is 0 Å². The summed E-state index contributed by atoms with van der Waals surface area (Å²) in [5.41, 5.74) is 0. The third-order valence-electron chi connectivity index (χ3n) is 3.00. The van der Waals surface area contributed by atoms with Crippen LogP contribution in [0.2, 0.25) is 0 Å². The van der Waals surface area contributed by atoms with Gasteiger partial charge in [0.15, 0.2) is 0 Å². The van der Waals surface area contributed by atoms with Gasteiger partial charge in [-0.2, -0.15) is 0 Å². The Balaban J connectivity index is 2.88. The van der Waals surface area contributed by atoms with E-state index in [2.05, 4.69) is 6.92 Å². The minimum Gasteiger partial charge on any atom is -0.361 e. The molecule has 0 aromatic heterocycles. The minimum atomic E-state index is -0.407. The maximum absolute atomic E-state index is 8.57. The molecule has 0 aliphatic heterocycles. The Morgan fingerprint density at radius 1 is 0.625 bits per heavy atom. The zero-order chi connectivity index (χ0) is 12.1. The van der Waals surface area contributed by atoms with E-state index in [-0.39, 0.29) is 0 Å². The van der Waals surface area contributed by atoms with Crippen molar-refractivity contribution in [2.45, 2.75) is 84.0 Å². The van der Waals surface area contributed by atoms with Gasteiger partial charge in [0.05, 0.1) is 0 Å². The molecule has 0 saturated carbocycles. The average molecular weight is 229 g/mol. The normalized spacial score (nSPS) is 11.2. The molecule has 0 bridgehead atoms. The molecule has 0 unspecified atom stereocenters. The Kier molecular flexibility index (Phi) is 12.9. The molecular weight excluding hydrogens is 200 g/mol. The maximum Gasteiger partial charge on any atom is 0.218 e. The molecule has 0 fully saturated rings. The average Bonchev–Trinajstić information content (AvgIpc) is 2.25. The van der Waals surface area contributed by atoms with Gasteiger partial charge in [0.1, 0.15) is 0 Å². The van der Waals surface area contributed by atoms with Crippen molar-refractivity contribution in [1.82, 2.24) is 0 Å². The van der Waals surface area contributed by atoms with E-state index in [1.165, 1.54) is 57.8 Å². The first-order valence-corrected chi connectivity index (χ1v) is 7.01. The molecule has 0 aliphatic carbocycles. The molecule has 0 aromatic rings. The lowest BCUT2D eigenvalue weighted by Crippen LogP contribution is -1.92. The van der Waals surface area contributed by atoms with Crippen molar-refractivity contribution in [3.05, 3.63) is 6.29 Å². The second-order valence-electron chi connectivity index (χ2n) is 4.70. The maximum atomic E-state index is 8.57. The van der Waals surface area contributed by atoms with Gasteiger partial charge in [-0.05, 0) is 6.42 Å². The highest BCUT2D eigenvalue weighted by atomic mass is 16.5. The van der Waals surface area contributed by atoms with Crippen molar-refractivity contribution >= 4 is 0 Å². The summed E-state index contributed by atoms with van der Waals surface area (Å²) in [5, 5.41) is 17.1. The van der Waals surface area contributed by atoms with Gasteiger partial charge in [0.2, 0.25) is 6.29 Å². The Labute approximate surface area is 101 Å². The summed E-state index contributed by atoms with van der Waals surface area (Å²) in [4.78, 5) is 0. The fraction of sp³-hybridized carbons (Fsp3) is 0.929. The smallest absolute Gasteiger partial charge is 0.218 e. The Hall–Kier alpha value is -0.0800. The standard InChI is InChI=1S/C14H29O2/c1-2-3-4-5-6-7-8-9-10-11-12-13-14(15)16/h15-16H,2-13H2,1H3. The fourth-order valence-corrected chi connectivity index (χ4v) is 1.95. The summed E-state index contributed by atoms with van der Waals surface area (Å²) in [6.45, 7) is 2.25. The molecule has 16 heavy (non-hydrogen) atoms. The van der Waals surface area contributed by atoms with E-state index < -0.39 is 6.29 Å². The molecule has 0 atom stereocenters. The van der Waals surface area contributed by atoms with Crippen LogP contribution in [-0.2, 0) is 0 Å². The topological polar surface area (TPSA) is 40.5 Å². The summed E-state index contributed by atoms with van der Waals surface area (Å²) in [6, 6.07) is 0. The third-order valence-corrected chi connectivity index (χ3v) is 3.00. The summed E-state index contributed by atoms with van der Waals surface area (Å²) < 4.78 is 0. The minimum absolute atomic E-state index is 0.407. The van der Waals surface area contributed by atoms with E-state index in [0.717, 1.165) is 12.8 Å². The Morgan fingerprint density at radius 2 is 1.00 bits per heavy atom. The van der Waals surface area contributed by atoms with Crippen LogP contribution in [0.25, 0.3) is 0 Å². The first kappa shape index (κ1) is 15.9. The lowest BCUT2D eigenvalue weighted by molar-refractivity contribution is 0.0704. The van der Waals surface area contributed by atoms with Crippen molar-refractivity contribution in [1.29, 1.82) is 0 Å².